The second-order valence-corrected chi connectivity index (χ2v) is 11.1. The van der Waals surface area contributed by atoms with Gasteiger partial charge in [-0.25, -0.2) is 19.9 Å². The number of anilines is 4. The van der Waals surface area contributed by atoms with Gasteiger partial charge in [-0.15, -0.1) is 37.2 Å². The summed E-state index contributed by atoms with van der Waals surface area (Å²) in [5.41, 5.74) is 9.21. The molecule has 0 amide bonds. The van der Waals surface area contributed by atoms with Crippen molar-refractivity contribution in [2.24, 2.45) is 0 Å². The average molecular weight is 756 g/mol. The zero-order valence-corrected chi connectivity index (χ0v) is 32.4. The van der Waals surface area contributed by atoms with Crippen LogP contribution in [0, 0.1) is 27.7 Å². The molecule has 0 unspecified atom stereocenters. The second kappa shape index (κ2) is 19.6. The maximum atomic E-state index is 5.67. The molecule has 0 saturated heterocycles. The summed E-state index contributed by atoms with van der Waals surface area (Å²) in [5, 5.41) is 8.79. The van der Waals surface area contributed by atoms with E-state index >= 15 is 0 Å². The Labute approximate surface area is 318 Å². The SMILES string of the molecule is CCOc1cc2c(Nc3ccc(OC)cc3C)ccnc2nc1C.CCOc1cc2c(Nc3ccc(OC)cc3C)ccnc2nc1C.Cl.Cl.Cl. The molecule has 0 saturated carbocycles. The molecular weight excluding hydrogens is 711 g/mol. The molecule has 0 aliphatic rings. The quantitative estimate of drug-likeness (QED) is 0.140. The molecule has 0 atom stereocenters. The fraction of sp³-hybridized carbons (Fsp3) is 0.263. The fourth-order valence-corrected chi connectivity index (χ4v) is 5.20. The number of fused-ring (bicyclic) bond motifs is 2. The van der Waals surface area contributed by atoms with E-state index in [2.05, 4.69) is 30.6 Å². The van der Waals surface area contributed by atoms with Gasteiger partial charge in [-0.1, -0.05) is 0 Å². The molecule has 6 rings (SSSR count). The van der Waals surface area contributed by atoms with Gasteiger partial charge < -0.3 is 29.6 Å². The molecule has 2 aromatic carbocycles. The predicted octanol–water partition coefficient (Wildman–Crippen LogP) is 10.1. The second-order valence-electron chi connectivity index (χ2n) is 11.1. The van der Waals surface area contributed by atoms with E-state index in [1.54, 1.807) is 26.6 Å². The highest BCUT2D eigenvalue weighted by atomic mass is 35.5. The van der Waals surface area contributed by atoms with E-state index < -0.39 is 0 Å². The molecule has 0 bridgehead atoms. The summed E-state index contributed by atoms with van der Waals surface area (Å²) in [6.07, 6.45) is 3.52. The standard InChI is InChI=1S/2C19H21N3O2.3ClH/c2*1-5-24-18-11-15-17(8-9-20-19(15)21-13(18)3)22-16-7-6-14(23-4)10-12(16)2;;;/h2*6-11H,5H2,1-4H3,(H,20,21,22);3*1H. The normalized spacial score (nSPS) is 10.0. The van der Waals surface area contributed by atoms with Gasteiger partial charge in [0, 0.05) is 34.5 Å². The number of hydrogen-bond acceptors (Lipinski definition) is 10. The Morgan fingerprint density at radius 1 is 0.529 bits per heavy atom. The lowest BCUT2D eigenvalue weighted by molar-refractivity contribution is 0.336. The van der Waals surface area contributed by atoms with Crippen LogP contribution in [-0.4, -0.2) is 47.4 Å². The van der Waals surface area contributed by atoms with Gasteiger partial charge in [-0.2, -0.15) is 0 Å². The summed E-state index contributed by atoms with van der Waals surface area (Å²) in [6.45, 7) is 13.1. The molecule has 6 aromatic rings. The van der Waals surface area contributed by atoms with Gasteiger partial charge in [0.1, 0.15) is 23.0 Å². The van der Waals surface area contributed by atoms with Crippen LogP contribution in [0.5, 0.6) is 23.0 Å². The molecule has 51 heavy (non-hydrogen) atoms. The smallest absolute Gasteiger partial charge is 0.161 e. The van der Waals surface area contributed by atoms with Crippen molar-refractivity contribution in [2.75, 3.05) is 38.1 Å². The molecule has 4 aromatic heterocycles. The Hall–Kier alpha value is -4.77. The summed E-state index contributed by atoms with van der Waals surface area (Å²) in [5.74, 6) is 3.25. The van der Waals surface area contributed by atoms with Gasteiger partial charge >= 0.3 is 0 Å². The van der Waals surface area contributed by atoms with Crippen LogP contribution in [0.3, 0.4) is 0 Å². The van der Waals surface area contributed by atoms with Crippen molar-refractivity contribution < 1.29 is 18.9 Å². The van der Waals surface area contributed by atoms with Crippen molar-refractivity contribution in [3.63, 3.8) is 0 Å². The van der Waals surface area contributed by atoms with Crippen LogP contribution < -0.4 is 29.6 Å². The number of rotatable bonds is 10. The Morgan fingerprint density at radius 2 is 0.922 bits per heavy atom. The van der Waals surface area contributed by atoms with Gasteiger partial charge in [-0.05, 0) is 113 Å². The van der Waals surface area contributed by atoms with Crippen LogP contribution >= 0.6 is 37.2 Å². The van der Waals surface area contributed by atoms with E-state index in [0.29, 0.717) is 24.5 Å². The predicted molar refractivity (Wildman–Crippen MR) is 215 cm³/mol. The third-order valence-corrected chi connectivity index (χ3v) is 7.75. The van der Waals surface area contributed by atoms with Crippen LogP contribution in [-0.2, 0) is 0 Å². The molecule has 0 fully saturated rings. The lowest BCUT2D eigenvalue weighted by Crippen LogP contribution is -2.00. The Kier molecular flexibility index (Phi) is 16.3. The topological polar surface area (TPSA) is 113 Å². The Balaban J connectivity index is 0.000000334. The molecule has 0 radical (unpaired) electrons. The first kappa shape index (κ1) is 42.4. The van der Waals surface area contributed by atoms with Crippen molar-refractivity contribution >= 4 is 82.0 Å². The number of nitrogens with one attached hydrogen (secondary N) is 2. The van der Waals surface area contributed by atoms with Crippen LogP contribution in [0.2, 0.25) is 0 Å². The van der Waals surface area contributed by atoms with Crippen molar-refractivity contribution in [3.05, 3.63) is 95.6 Å². The first-order valence-electron chi connectivity index (χ1n) is 15.9. The summed E-state index contributed by atoms with van der Waals surface area (Å²) in [6, 6.07) is 19.8. The molecule has 4 heterocycles. The van der Waals surface area contributed by atoms with E-state index in [9.17, 15) is 0 Å². The van der Waals surface area contributed by atoms with Gasteiger partial charge in [0.25, 0.3) is 0 Å². The zero-order valence-electron chi connectivity index (χ0n) is 30.0. The summed E-state index contributed by atoms with van der Waals surface area (Å²) in [7, 11) is 3.34. The zero-order chi connectivity index (χ0) is 34.2. The number of hydrogen-bond donors (Lipinski definition) is 2. The van der Waals surface area contributed by atoms with Crippen LogP contribution in [0.4, 0.5) is 22.7 Å². The molecular formula is C38H45Cl3N6O4. The third-order valence-electron chi connectivity index (χ3n) is 7.75. The van der Waals surface area contributed by atoms with Crippen LogP contribution in [0.25, 0.3) is 22.1 Å². The Morgan fingerprint density at radius 3 is 1.25 bits per heavy atom. The number of ether oxygens (including phenoxy) is 4. The van der Waals surface area contributed by atoms with E-state index in [0.717, 1.165) is 79.0 Å². The molecule has 0 aliphatic heterocycles. The maximum absolute atomic E-state index is 5.67. The first-order chi connectivity index (χ1) is 23.2. The highest BCUT2D eigenvalue weighted by molar-refractivity contribution is 5.93. The average Bonchev–Trinajstić information content (AvgIpc) is 3.08. The van der Waals surface area contributed by atoms with Crippen molar-refractivity contribution in [2.45, 2.75) is 41.5 Å². The molecule has 13 heteroatoms. The van der Waals surface area contributed by atoms with E-state index in [1.807, 2.05) is 102 Å². The lowest BCUT2D eigenvalue weighted by atomic mass is 10.1. The molecule has 2 N–H and O–H groups in total. The minimum atomic E-state index is 0. The van der Waals surface area contributed by atoms with E-state index in [1.165, 1.54) is 0 Å². The van der Waals surface area contributed by atoms with E-state index in [-0.39, 0.29) is 37.2 Å². The number of nitrogens with zero attached hydrogens (tertiary/aromatic N) is 4. The maximum Gasteiger partial charge on any atom is 0.161 e. The third kappa shape index (κ3) is 10.2. The number of aromatic nitrogens is 4. The van der Waals surface area contributed by atoms with Crippen molar-refractivity contribution in [1.29, 1.82) is 0 Å². The fourth-order valence-electron chi connectivity index (χ4n) is 5.20. The first-order valence-corrected chi connectivity index (χ1v) is 15.9. The van der Waals surface area contributed by atoms with Crippen molar-refractivity contribution in [3.8, 4) is 23.0 Å². The highest BCUT2D eigenvalue weighted by Crippen LogP contribution is 2.32. The molecule has 272 valence electrons. The molecule has 10 nitrogen and oxygen atoms in total. The number of aryl methyl sites for hydroxylation is 4. The number of halogens is 3. The van der Waals surface area contributed by atoms with E-state index in [4.69, 9.17) is 18.9 Å². The molecule has 0 aliphatic carbocycles. The van der Waals surface area contributed by atoms with Gasteiger partial charge in [-0.3, -0.25) is 0 Å². The largest absolute Gasteiger partial charge is 0.497 e. The minimum absolute atomic E-state index is 0. The number of pyridine rings is 4. The number of methoxy groups -OCH3 is 2. The summed E-state index contributed by atoms with van der Waals surface area (Å²) in [4.78, 5) is 17.8. The van der Waals surface area contributed by atoms with Gasteiger partial charge in [0.15, 0.2) is 11.3 Å². The highest BCUT2D eigenvalue weighted by Gasteiger charge is 2.12. The van der Waals surface area contributed by atoms with Crippen LogP contribution in [0.1, 0.15) is 36.4 Å². The summed E-state index contributed by atoms with van der Waals surface area (Å²) < 4.78 is 21.9. The van der Waals surface area contributed by atoms with Gasteiger partial charge in [0.05, 0.1) is 50.2 Å². The monoisotopic (exact) mass is 754 g/mol. The van der Waals surface area contributed by atoms with Crippen molar-refractivity contribution in [1.82, 2.24) is 19.9 Å². The number of benzene rings is 2. The summed E-state index contributed by atoms with van der Waals surface area (Å²) >= 11 is 0. The van der Waals surface area contributed by atoms with Crippen LogP contribution in [0.15, 0.2) is 73.1 Å². The Bertz CT molecular complexity index is 1920. The lowest BCUT2D eigenvalue weighted by Gasteiger charge is -2.14. The molecule has 0 spiro atoms. The minimum Gasteiger partial charge on any atom is -0.497 e. The van der Waals surface area contributed by atoms with Gasteiger partial charge in [0.2, 0.25) is 0 Å².